The number of furan rings is 1. The minimum absolute atomic E-state index is 0.0332. The molecule has 0 fully saturated rings. The zero-order valence-electron chi connectivity index (χ0n) is 15.6. The molecule has 3 aromatic rings. The summed E-state index contributed by atoms with van der Waals surface area (Å²) in [5.74, 6) is -0.465. The number of ether oxygens (including phenoxy) is 2. The Morgan fingerprint density at radius 3 is 2.41 bits per heavy atom. The first-order chi connectivity index (χ1) is 14.0. The molecule has 1 aliphatic rings. The lowest BCUT2D eigenvalue weighted by Gasteiger charge is -2.25. The highest BCUT2D eigenvalue weighted by Gasteiger charge is 2.46. The van der Waals surface area contributed by atoms with Crippen molar-refractivity contribution in [2.75, 3.05) is 19.1 Å². The highest BCUT2D eigenvalue weighted by atomic mass is 32.1. The zero-order chi connectivity index (χ0) is 20.5. The van der Waals surface area contributed by atoms with E-state index in [9.17, 15) is 14.7 Å². The Bertz CT molecular complexity index is 1060. The van der Waals surface area contributed by atoms with Gasteiger partial charge in [0.15, 0.2) is 5.76 Å². The molecule has 0 saturated heterocycles. The summed E-state index contributed by atoms with van der Waals surface area (Å²) in [6, 6.07) is 10.7. The van der Waals surface area contributed by atoms with Gasteiger partial charge in [-0.1, -0.05) is 6.07 Å². The van der Waals surface area contributed by atoms with Crippen molar-refractivity contribution in [3.8, 4) is 11.5 Å². The largest absolute Gasteiger partial charge is 0.503 e. The van der Waals surface area contributed by atoms with Gasteiger partial charge in [0.1, 0.15) is 23.3 Å². The smallest absolute Gasteiger partial charge is 0.294 e. The summed E-state index contributed by atoms with van der Waals surface area (Å²) in [4.78, 5) is 27.9. The number of ketones is 1. The van der Waals surface area contributed by atoms with Crippen LogP contribution in [0.15, 0.2) is 69.9 Å². The van der Waals surface area contributed by atoms with Gasteiger partial charge in [-0.05, 0) is 23.6 Å². The van der Waals surface area contributed by atoms with Gasteiger partial charge in [-0.25, -0.2) is 0 Å². The van der Waals surface area contributed by atoms with Gasteiger partial charge in [0.25, 0.3) is 5.91 Å². The fraction of sp³-hybridized carbons (Fsp3) is 0.143. The Morgan fingerprint density at radius 2 is 1.86 bits per heavy atom. The van der Waals surface area contributed by atoms with Crippen LogP contribution in [-0.2, 0) is 4.79 Å². The number of amides is 1. The summed E-state index contributed by atoms with van der Waals surface area (Å²) < 4.78 is 16.1. The topological polar surface area (TPSA) is 89.2 Å². The number of carbonyl (C=O) groups is 2. The molecule has 1 aromatic carbocycles. The van der Waals surface area contributed by atoms with Crippen LogP contribution in [0, 0.1) is 0 Å². The fourth-order valence-corrected chi connectivity index (χ4v) is 3.97. The first kappa shape index (κ1) is 18.8. The molecule has 0 bridgehead atoms. The maximum Gasteiger partial charge on any atom is 0.294 e. The molecule has 4 rings (SSSR count). The number of anilines is 1. The van der Waals surface area contributed by atoms with E-state index in [1.54, 1.807) is 47.8 Å². The number of thiophene rings is 1. The minimum Gasteiger partial charge on any atom is -0.503 e. The van der Waals surface area contributed by atoms with Crippen LogP contribution < -0.4 is 14.4 Å². The molecule has 0 radical (unpaired) electrons. The second-order valence-electron chi connectivity index (χ2n) is 6.23. The van der Waals surface area contributed by atoms with E-state index in [2.05, 4.69) is 0 Å². The highest BCUT2D eigenvalue weighted by molar-refractivity contribution is 7.12. The molecular weight excluding hydrogens is 394 g/mol. The summed E-state index contributed by atoms with van der Waals surface area (Å²) >= 11 is 1.23. The molecule has 1 atom stereocenters. The van der Waals surface area contributed by atoms with E-state index in [0.717, 1.165) is 0 Å². The van der Waals surface area contributed by atoms with Crippen molar-refractivity contribution in [1.29, 1.82) is 0 Å². The van der Waals surface area contributed by atoms with Crippen LogP contribution >= 0.6 is 11.3 Å². The van der Waals surface area contributed by atoms with E-state index in [1.165, 1.54) is 36.7 Å². The highest BCUT2D eigenvalue weighted by Crippen LogP contribution is 2.44. The van der Waals surface area contributed by atoms with E-state index in [4.69, 9.17) is 13.9 Å². The Balaban J connectivity index is 1.87. The number of aliphatic hydroxyl groups is 1. The SMILES string of the molecule is COc1cc(OC)cc(N2C(=O)C(O)=C(C(=O)c3cccs3)C2c2ccco2)c1. The van der Waals surface area contributed by atoms with E-state index >= 15 is 0 Å². The van der Waals surface area contributed by atoms with Crippen LogP contribution in [0.4, 0.5) is 5.69 Å². The number of hydrogen-bond acceptors (Lipinski definition) is 7. The molecule has 8 heteroatoms. The van der Waals surface area contributed by atoms with Crippen LogP contribution in [0.1, 0.15) is 21.5 Å². The molecule has 7 nitrogen and oxygen atoms in total. The second-order valence-corrected chi connectivity index (χ2v) is 7.18. The lowest BCUT2D eigenvalue weighted by molar-refractivity contribution is -0.117. The van der Waals surface area contributed by atoms with Gasteiger partial charge in [-0.15, -0.1) is 11.3 Å². The van der Waals surface area contributed by atoms with E-state index in [-0.39, 0.29) is 5.57 Å². The third-order valence-corrected chi connectivity index (χ3v) is 5.49. The fourth-order valence-electron chi connectivity index (χ4n) is 3.29. The van der Waals surface area contributed by atoms with Gasteiger partial charge in [-0.2, -0.15) is 0 Å². The van der Waals surface area contributed by atoms with E-state index < -0.39 is 23.5 Å². The summed E-state index contributed by atoms with van der Waals surface area (Å²) in [7, 11) is 2.99. The van der Waals surface area contributed by atoms with Gasteiger partial charge in [-0.3, -0.25) is 14.5 Å². The van der Waals surface area contributed by atoms with Gasteiger partial charge in [0.05, 0.1) is 36.6 Å². The molecule has 1 amide bonds. The van der Waals surface area contributed by atoms with Gasteiger partial charge in [0, 0.05) is 18.2 Å². The Kier molecular flexibility index (Phi) is 4.85. The zero-order valence-corrected chi connectivity index (χ0v) is 16.4. The molecule has 2 aromatic heterocycles. The summed E-state index contributed by atoms with van der Waals surface area (Å²) in [6.07, 6.45) is 1.45. The van der Waals surface area contributed by atoms with Crippen molar-refractivity contribution < 1.29 is 28.6 Å². The number of carbonyl (C=O) groups excluding carboxylic acids is 2. The first-order valence-electron chi connectivity index (χ1n) is 8.66. The van der Waals surface area contributed by atoms with Crippen LogP contribution in [0.5, 0.6) is 11.5 Å². The number of benzene rings is 1. The number of aliphatic hydroxyl groups excluding tert-OH is 1. The normalized spacial score (nSPS) is 16.4. The average Bonchev–Trinajstić information content (AvgIpc) is 3.49. The van der Waals surface area contributed by atoms with E-state index in [1.807, 2.05) is 0 Å². The Labute approximate surface area is 170 Å². The Morgan fingerprint density at radius 1 is 1.14 bits per heavy atom. The second kappa shape index (κ2) is 7.48. The lowest BCUT2D eigenvalue weighted by atomic mass is 10.00. The van der Waals surface area contributed by atoms with Crippen molar-refractivity contribution in [2.24, 2.45) is 0 Å². The number of hydrogen-bond donors (Lipinski definition) is 1. The maximum atomic E-state index is 13.1. The third kappa shape index (κ3) is 3.17. The molecule has 1 unspecified atom stereocenters. The quantitative estimate of drug-likeness (QED) is 0.613. The molecular formula is C21H17NO6S. The van der Waals surface area contributed by atoms with Crippen molar-refractivity contribution in [1.82, 2.24) is 0 Å². The molecule has 148 valence electrons. The third-order valence-electron chi connectivity index (χ3n) is 4.62. The van der Waals surface area contributed by atoms with E-state index in [0.29, 0.717) is 27.8 Å². The average molecular weight is 411 g/mol. The minimum atomic E-state index is -0.927. The Hall–Kier alpha value is -3.52. The molecule has 0 saturated carbocycles. The number of methoxy groups -OCH3 is 2. The number of rotatable bonds is 6. The maximum absolute atomic E-state index is 13.1. The molecule has 1 N–H and O–H groups in total. The molecule has 1 aliphatic heterocycles. The van der Waals surface area contributed by atoms with Crippen LogP contribution in [0.2, 0.25) is 0 Å². The summed E-state index contributed by atoms with van der Waals surface area (Å²) in [5, 5.41) is 12.4. The molecule has 3 heterocycles. The van der Waals surface area contributed by atoms with Gasteiger partial charge < -0.3 is 19.0 Å². The molecule has 0 spiro atoms. The molecule has 0 aliphatic carbocycles. The van der Waals surface area contributed by atoms with Gasteiger partial charge in [0.2, 0.25) is 5.78 Å². The molecule has 29 heavy (non-hydrogen) atoms. The van der Waals surface area contributed by atoms with Crippen LogP contribution in [0.3, 0.4) is 0 Å². The van der Waals surface area contributed by atoms with Crippen LogP contribution in [-0.4, -0.2) is 31.0 Å². The van der Waals surface area contributed by atoms with Gasteiger partial charge >= 0.3 is 0 Å². The summed E-state index contributed by atoms with van der Waals surface area (Å²) in [5.41, 5.74) is 0.363. The predicted octanol–water partition coefficient (Wildman–Crippen LogP) is 4.14. The van der Waals surface area contributed by atoms with Crippen molar-refractivity contribution in [3.63, 3.8) is 0 Å². The first-order valence-corrected chi connectivity index (χ1v) is 9.54. The summed E-state index contributed by atoms with van der Waals surface area (Å²) in [6.45, 7) is 0. The standard InChI is InChI=1S/C21H17NO6S/c1-26-13-9-12(10-14(11-13)27-2)22-18(15-5-3-7-28-15)17(20(24)21(22)25)19(23)16-6-4-8-29-16/h3-11,18,24H,1-2H3. The number of nitrogens with zero attached hydrogens (tertiary/aromatic N) is 1. The monoisotopic (exact) mass is 411 g/mol. The number of Topliss-reactive ketones (excluding diaryl/α,β-unsaturated/α-hetero) is 1. The van der Waals surface area contributed by atoms with Crippen LogP contribution in [0.25, 0.3) is 0 Å². The van der Waals surface area contributed by atoms with Crippen molar-refractivity contribution in [2.45, 2.75) is 6.04 Å². The lowest BCUT2D eigenvalue weighted by Crippen LogP contribution is -2.30. The van der Waals surface area contributed by atoms with Crippen molar-refractivity contribution in [3.05, 3.63) is 76.1 Å². The predicted molar refractivity (Wildman–Crippen MR) is 107 cm³/mol. The van der Waals surface area contributed by atoms with Crippen molar-refractivity contribution >= 4 is 28.7 Å².